The standard InChI is InChI=1S/C15H13N3O2S/c1-10(15-17-13-7-2-3-8-14(13)21-15)16-11-5-4-6-12(9-11)18(19)20/h2-10,16H,1H3. The van der Waals surface area contributed by atoms with Crippen LogP contribution in [0.5, 0.6) is 0 Å². The number of hydrogen-bond acceptors (Lipinski definition) is 5. The summed E-state index contributed by atoms with van der Waals surface area (Å²) in [6.07, 6.45) is 0. The summed E-state index contributed by atoms with van der Waals surface area (Å²) in [5, 5.41) is 15.0. The quantitative estimate of drug-likeness (QED) is 0.573. The van der Waals surface area contributed by atoms with Crippen LogP contribution in [0.25, 0.3) is 10.2 Å². The number of nitrogens with zero attached hydrogens (tertiary/aromatic N) is 2. The lowest BCUT2D eigenvalue weighted by atomic mass is 10.2. The Morgan fingerprint density at radius 2 is 2.05 bits per heavy atom. The molecule has 0 saturated carbocycles. The van der Waals surface area contributed by atoms with E-state index in [1.807, 2.05) is 37.3 Å². The van der Waals surface area contributed by atoms with Crippen LogP contribution < -0.4 is 5.32 Å². The van der Waals surface area contributed by atoms with E-state index in [0.717, 1.165) is 20.9 Å². The Hall–Kier alpha value is -2.47. The molecule has 0 spiro atoms. The number of thiazole rings is 1. The van der Waals surface area contributed by atoms with E-state index in [-0.39, 0.29) is 11.7 Å². The minimum absolute atomic E-state index is 0.00981. The van der Waals surface area contributed by atoms with Crippen LogP contribution in [-0.4, -0.2) is 9.91 Å². The van der Waals surface area contributed by atoms with Crippen LogP contribution in [0.1, 0.15) is 18.0 Å². The molecule has 1 heterocycles. The summed E-state index contributed by atoms with van der Waals surface area (Å²) in [7, 11) is 0. The highest BCUT2D eigenvalue weighted by Crippen LogP contribution is 2.29. The van der Waals surface area contributed by atoms with Crippen molar-refractivity contribution in [3.8, 4) is 0 Å². The summed E-state index contributed by atoms with van der Waals surface area (Å²) in [6, 6.07) is 14.5. The van der Waals surface area contributed by atoms with Crippen molar-refractivity contribution in [3.05, 3.63) is 63.7 Å². The van der Waals surface area contributed by atoms with Crippen molar-refractivity contribution in [2.45, 2.75) is 13.0 Å². The molecule has 0 amide bonds. The number of anilines is 1. The van der Waals surface area contributed by atoms with Gasteiger partial charge in [0.05, 0.1) is 21.2 Å². The lowest BCUT2D eigenvalue weighted by molar-refractivity contribution is -0.384. The summed E-state index contributed by atoms with van der Waals surface area (Å²) in [5.41, 5.74) is 1.78. The lowest BCUT2D eigenvalue weighted by Crippen LogP contribution is -2.06. The Kier molecular flexibility index (Phi) is 3.53. The van der Waals surface area contributed by atoms with Crippen molar-refractivity contribution in [1.82, 2.24) is 4.98 Å². The average molecular weight is 299 g/mol. The number of nitro groups is 1. The van der Waals surface area contributed by atoms with E-state index in [2.05, 4.69) is 10.3 Å². The molecular formula is C15H13N3O2S. The largest absolute Gasteiger partial charge is 0.376 e. The van der Waals surface area contributed by atoms with Gasteiger partial charge < -0.3 is 5.32 Å². The first-order valence-corrected chi connectivity index (χ1v) is 7.31. The molecule has 3 aromatic rings. The lowest BCUT2D eigenvalue weighted by Gasteiger charge is -2.12. The fourth-order valence-corrected chi connectivity index (χ4v) is 3.07. The third-order valence-electron chi connectivity index (χ3n) is 3.12. The van der Waals surface area contributed by atoms with Gasteiger partial charge in [0.15, 0.2) is 0 Å². The molecule has 0 saturated heterocycles. The number of nitrogens with one attached hydrogen (secondary N) is 1. The molecule has 5 nitrogen and oxygen atoms in total. The zero-order valence-electron chi connectivity index (χ0n) is 11.3. The summed E-state index contributed by atoms with van der Waals surface area (Å²) >= 11 is 1.63. The molecule has 21 heavy (non-hydrogen) atoms. The molecule has 0 aliphatic heterocycles. The molecule has 0 fully saturated rings. The van der Waals surface area contributed by atoms with E-state index in [1.54, 1.807) is 17.4 Å². The molecule has 0 aliphatic rings. The average Bonchev–Trinajstić information content (AvgIpc) is 2.91. The van der Waals surface area contributed by atoms with E-state index in [9.17, 15) is 10.1 Å². The van der Waals surface area contributed by atoms with Crippen molar-refractivity contribution < 1.29 is 4.92 Å². The number of fused-ring (bicyclic) bond motifs is 1. The Morgan fingerprint density at radius 3 is 2.81 bits per heavy atom. The number of non-ortho nitro benzene ring substituents is 1. The third kappa shape index (κ3) is 2.85. The van der Waals surface area contributed by atoms with E-state index in [4.69, 9.17) is 0 Å². The second kappa shape index (κ2) is 5.49. The van der Waals surface area contributed by atoms with Gasteiger partial charge in [-0.05, 0) is 25.1 Å². The maximum absolute atomic E-state index is 10.8. The number of para-hydroxylation sites is 1. The second-order valence-corrected chi connectivity index (χ2v) is 5.76. The van der Waals surface area contributed by atoms with E-state index < -0.39 is 4.92 Å². The van der Waals surface area contributed by atoms with Crippen LogP contribution in [0.15, 0.2) is 48.5 Å². The van der Waals surface area contributed by atoms with E-state index >= 15 is 0 Å². The fraction of sp³-hybridized carbons (Fsp3) is 0.133. The van der Waals surface area contributed by atoms with Crippen molar-refractivity contribution in [2.75, 3.05) is 5.32 Å². The highest BCUT2D eigenvalue weighted by atomic mass is 32.1. The van der Waals surface area contributed by atoms with Crippen LogP contribution in [0, 0.1) is 10.1 Å². The number of benzene rings is 2. The van der Waals surface area contributed by atoms with Crippen LogP contribution in [0.4, 0.5) is 11.4 Å². The highest BCUT2D eigenvalue weighted by Gasteiger charge is 2.13. The molecule has 0 aliphatic carbocycles. The Labute approximate surface area is 125 Å². The van der Waals surface area contributed by atoms with Gasteiger partial charge >= 0.3 is 0 Å². The van der Waals surface area contributed by atoms with Gasteiger partial charge in [0.2, 0.25) is 0 Å². The van der Waals surface area contributed by atoms with Crippen LogP contribution in [0.2, 0.25) is 0 Å². The highest BCUT2D eigenvalue weighted by molar-refractivity contribution is 7.18. The molecule has 1 atom stereocenters. The van der Waals surface area contributed by atoms with Crippen LogP contribution >= 0.6 is 11.3 Å². The van der Waals surface area contributed by atoms with Gasteiger partial charge in [-0.2, -0.15) is 0 Å². The zero-order valence-corrected chi connectivity index (χ0v) is 12.1. The SMILES string of the molecule is CC(Nc1cccc([N+](=O)[O-])c1)c1nc2ccccc2s1. The fourth-order valence-electron chi connectivity index (χ4n) is 2.10. The Balaban J connectivity index is 1.84. The Morgan fingerprint density at radius 1 is 1.24 bits per heavy atom. The molecule has 0 bridgehead atoms. The smallest absolute Gasteiger partial charge is 0.271 e. The van der Waals surface area contributed by atoms with Gasteiger partial charge in [0.1, 0.15) is 5.01 Å². The van der Waals surface area contributed by atoms with Gasteiger partial charge in [-0.15, -0.1) is 11.3 Å². The van der Waals surface area contributed by atoms with Crippen molar-refractivity contribution >= 4 is 32.9 Å². The molecule has 3 rings (SSSR count). The predicted octanol–water partition coefficient (Wildman–Crippen LogP) is 4.38. The topological polar surface area (TPSA) is 68.1 Å². The minimum atomic E-state index is -0.395. The normalized spacial score (nSPS) is 12.2. The zero-order chi connectivity index (χ0) is 14.8. The molecule has 0 radical (unpaired) electrons. The summed E-state index contributed by atoms with van der Waals surface area (Å²) < 4.78 is 1.14. The van der Waals surface area contributed by atoms with Gasteiger partial charge in [0.25, 0.3) is 5.69 Å². The molecule has 2 aromatic carbocycles. The molecule has 106 valence electrons. The van der Waals surface area contributed by atoms with Gasteiger partial charge in [0, 0.05) is 17.8 Å². The monoisotopic (exact) mass is 299 g/mol. The number of nitro benzene ring substituents is 1. The van der Waals surface area contributed by atoms with Gasteiger partial charge in [-0.1, -0.05) is 18.2 Å². The number of rotatable bonds is 4. The summed E-state index contributed by atoms with van der Waals surface area (Å²) in [4.78, 5) is 15.0. The van der Waals surface area contributed by atoms with Crippen molar-refractivity contribution in [2.24, 2.45) is 0 Å². The maximum atomic E-state index is 10.8. The maximum Gasteiger partial charge on any atom is 0.271 e. The second-order valence-electron chi connectivity index (χ2n) is 4.69. The van der Waals surface area contributed by atoms with Crippen molar-refractivity contribution in [3.63, 3.8) is 0 Å². The van der Waals surface area contributed by atoms with Crippen LogP contribution in [-0.2, 0) is 0 Å². The van der Waals surface area contributed by atoms with Crippen molar-refractivity contribution in [1.29, 1.82) is 0 Å². The minimum Gasteiger partial charge on any atom is -0.376 e. The van der Waals surface area contributed by atoms with Gasteiger partial charge in [-0.25, -0.2) is 4.98 Å². The predicted molar refractivity (Wildman–Crippen MR) is 84.8 cm³/mol. The van der Waals surface area contributed by atoms with Crippen LogP contribution in [0.3, 0.4) is 0 Å². The molecular weight excluding hydrogens is 286 g/mol. The number of aromatic nitrogens is 1. The third-order valence-corrected chi connectivity index (χ3v) is 4.34. The first-order chi connectivity index (χ1) is 10.1. The molecule has 6 heteroatoms. The first kappa shape index (κ1) is 13.5. The molecule has 1 unspecified atom stereocenters. The number of hydrogen-bond donors (Lipinski definition) is 1. The summed E-state index contributed by atoms with van der Waals surface area (Å²) in [5.74, 6) is 0. The van der Waals surface area contributed by atoms with Gasteiger partial charge in [-0.3, -0.25) is 10.1 Å². The molecule has 1 N–H and O–H groups in total. The Bertz CT molecular complexity index is 767. The molecule has 1 aromatic heterocycles. The first-order valence-electron chi connectivity index (χ1n) is 6.50. The summed E-state index contributed by atoms with van der Waals surface area (Å²) in [6.45, 7) is 2.00. The van der Waals surface area contributed by atoms with E-state index in [0.29, 0.717) is 0 Å². The van der Waals surface area contributed by atoms with E-state index in [1.165, 1.54) is 12.1 Å².